The maximum Gasteiger partial charge on any atom is 0.309 e. The van der Waals surface area contributed by atoms with E-state index in [-0.39, 0.29) is 18.4 Å². The first-order valence-electron chi connectivity index (χ1n) is 5.29. The van der Waals surface area contributed by atoms with E-state index in [1.807, 2.05) is 13.8 Å². The molecule has 0 saturated heterocycles. The van der Waals surface area contributed by atoms with E-state index in [0.29, 0.717) is 19.1 Å². The summed E-state index contributed by atoms with van der Waals surface area (Å²) in [6.45, 7) is 8.05. The minimum Gasteiger partial charge on any atom is -0.466 e. The van der Waals surface area contributed by atoms with Gasteiger partial charge in [-0.2, -0.15) is 0 Å². The predicted molar refractivity (Wildman–Crippen MR) is 56.2 cm³/mol. The van der Waals surface area contributed by atoms with E-state index >= 15 is 0 Å². The van der Waals surface area contributed by atoms with Crippen molar-refractivity contribution in [1.82, 2.24) is 0 Å². The number of ether oxygens (including phenoxy) is 2. The van der Waals surface area contributed by atoms with Crippen molar-refractivity contribution in [2.75, 3.05) is 13.2 Å². The summed E-state index contributed by atoms with van der Waals surface area (Å²) in [6.07, 6.45) is 0.0888. The Morgan fingerprint density at radius 3 is 2.20 bits per heavy atom. The van der Waals surface area contributed by atoms with Gasteiger partial charge in [0.1, 0.15) is 0 Å². The summed E-state index contributed by atoms with van der Waals surface area (Å²) in [5.74, 6) is -0.806. The highest BCUT2D eigenvalue weighted by Crippen LogP contribution is 2.06. The summed E-state index contributed by atoms with van der Waals surface area (Å²) < 4.78 is 9.74. The monoisotopic (exact) mass is 216 g/mol. The Hall–Kier alpha value is -1.06. The molecule has 0 amide bonds. The molecule has 4 nitrogen and oxygen atoms in total. The SMILES string of the molecule is CCOC(=O)C(C)CC(=O)OCC(C)C. The molecule has 0 rings (SSSR count). The Morgan fingerprint density at radius 1 is 1.13 bits per heavy atom. The van der Waals surface area contributed by atoms with Gasteiger partial charge in [-0.05, 0) is 12.8 Å². The molecule has 0 heterocycles. The van der Waals surface area contributed by atoms with Crippen molar-refractivity contribution in [2.24, 2.45) is 11.8 Å². The standard InChI is InChI=1S/C11H20O4/c1-5-14-11(13)9(4)6-10(12)15-7-8(2)3/h8-9H,5-7H2,1-4H3. The van der Waals surface area contributed by atoms with Gasteiger partial charge in [0, 0.05) is 0 Å². The Labute approximate surface area is 90.9 Å². The minimum absolute atomic E-state index is 0.0888. The number of rotatable bonds is 6. The molecule has 88 valence electrons. The van der Waals surface area contributed by atoms with Gasteiger partial charge in [-0.3, -0.25) is 9.59 Å². The molecule has 4 heteroatoms. The van der Waals surface area contributed by atoms with Crippen molar-refractivity contribution in [3.8, 4) is 0 Å². The molecule has 0 aromatic heterocycles. The van der Waals surface area contributed by atoms with Gasteiger partial charge in [0.05, 0.1) is 25.6 Å². The van der Waals surface area contributed by atoms with E-state index in [4.69, 9.17) is 9.47 Å². The van der Waals surface area contributed by atoms with Crippen LogP contribution < -0.4 is 0 Å². The van der Waals surface area contributed by atoms with Gasteiger partial charge in [0.15, 0.2) is 0 Å². The van der Waals surface area contributed by atoms with Gasteiger partial charge in [0.25, 0.3) is 0 Å². The summed E-state index contributed by atoms with van der Waals surface area (Å²) >= 11 is 0. The highest BCUT2D eigenvalue weighted by atomic mass is 16.5. The molecule has 0 aromatic carbocycles. The average Bonchev–Trinajstić information content (AvgIpc) is 2.15. The molecule has 1 atom stereocenters. The maximum atomic E-state index is 11.2. The highest BCUT2D eigenvalue weighted by molar-refractivity contribution is 5.79. The molecule has 0 bridgehead atoms. The van der Waals surface area contributed by atoms with Gasteiger partial charge < -0.3 is 9.47 Å². The molecule has 1 unspecified atom stereocenters. The van der Waals surface area contributed by atoms with Crippen molar-refractivity contribution < 1.29 is 19.1 Å². The summed E-state index contributed by atoms with van der Waals surface area (Å²) in [6, 6.07) is 0. The minimum atomic E-state index is -0.426. The van der Waals surface area contributed by atoms with Gasteiger partial charge in [0.2, 0.25) is 0 Å². The Morgan fingerprint density at radius 2 is 1.73 bits per heavy atom. The van der Waals surface area contributed by atoms with Crippen molar-refractivity contribution in [3.63, 3.8) is 0 Å². The van der Waals surface area contributed by atoms with Crippen LogP contribution in [0.5, 0.6) is 0 Å². The topological polar surface area (TPSA) is 52.6 Å². The summed E-state index contributed by atoms with van der Waals surface area (Å²) in [5, 5.41) is 0. The lowest BCUT2D eigenvalue weighted by molar-refractivity contribution is -0.154. The molecule has 15 heavy (non-hydrogen) atoms. The lowest BCUT2D eigenvalue weighted by Gasteiger charge is -2.11. The largest absolute Gasteiger partial charge is 0.466 e. The maximum absolute atomic E-state index is 11.2. The van der Waals surface area contributed by atoms with Crippen molar-refractivity contribution in [3.05, 3.63) is 0 Å². The third-order valence-electron chi connectivity index (χ3n) is 1.74. The number of carbonyl (C=O) groups excluding carboxylic acids is 2. The van der Waals surface area contributed by atoms with E-state index in [1.54, 1.807) is 13.8 Å². The lowest BCUT2D eigenvalue weighted by atomic mass is 10.1. The molecular weight excluding hydrogens is 196 g/mol. The van der Waals surface area contributed by atoms with Crippen molar-refractivity contribution in [2.45, 2.75) is 34.1 Å². The van der Waals surface area contributed by atoms with Gasteiger partial charge in [-0.1, -0.05) is 20.8 Å². The number of hydrogen-bond donors (Lipinski definition) is 0. The number of carbonyl (C=O) groups is 2. The molecule has 0 fully saturated rings. The van der Waals surface area contributed by atoms with Crippen LogP contribution in [0.4, 0.5) is 0 Å². The predicted octanol–water partition coefficient (Wildman–Crippen LogP) is 1.77. The second-order valence-corrected chi connectivity index (χ2v) is 3.93. The van der Waals surface area contributed by atoms with Crippen LogP contribution in [0.25, 0.3) is 0 Å². The fourth-order valence-electron chi connectivity index (χ4n) is 0.936. The first-order valence-corrected chi connectivity index (χ1v) is 5.29. The zero-order valence-electron chi connectivity index (χ0n) is 9.91. The lowest BCUT2D eigenvalue weighted by Crippen LogP contribution is -2.20. The number of hydrogen-bond acceptors (Lipinski definition) is 4. The smallest absolute Gasteiger partial charge is 0.309 e. The highest BCUT2D eigenvalue weighted by Gasteiger charge is 2.18. The zero-order valence-corrected chi connectivity index (χ0v) is 9.91. The zero-order chi connectivity index (χ0) is 11.8. The van der Waals surface area contributed by atoms with Crippen LogP contribution in [0, 0.1) is 11.8 Å². The molecule has 0 aliphatic heterocycles. The Balaban J connectivity index is 3.80. The van der Waals surface area contributed by atoms with Crippen LogP contribution in [-0.2, 0) is 19.1 Å². The summed E-state index contributed by atoms with van der Waals surface area (Å²) in [5.41, 5.74) is 0. The molecule has 0 aromatic rings. The Kier molecular flexibility index (Phi) is 6.75. The second kappa shape index (κ2) is 7.26. The third-order valence-corrected chi connectivity index (χ3v) is 1.74. The molecular formula is C11H20O4. The van der Waals surface area contributed by atoms with Crippen LogP contribution in [0.15, 0.2) is 0 Å². The molecule has 0 aliphatic carbocycles. The van der Waals surface area contributed by atoms with Gasteiger partial charge in [-0.15, -0.1) is 0 Å². The normalized spacial score (nSPS) is 12.3. The summed E-state index contributed by atoms with van der Waals surface area (Å²) in [7, 11) is 0. The summed E-state index contributed by atoms with van der Waals surface area (Å²) in [4.78, 5) is 22.4. The third kappa shape index (κ3) is 6.94. The quantitative estimate of drug-likeness (QED) is 0.635. The van der Waals surface area contributed by atoms with Crippen LogP contribution in [0.1, 0.15) is 34.1 Å². The fraction of sp³-hybridized carbons (Fsp3) is 0.818. The fourth-order valence-corrected chi connectivity index (χ4v) is 0.936. The van der Waals surface area contributed by atoms with Crippen molar-refractivity contribution in [1.29, 1.82) is 0 Å². The first-order chi connectivity index (χ1) is 6.97. The second-order valence-electron chi connectivity index (χ2n) is 3.93. The molecule has 0 spiro atoms. The molecule has 0 N–H and O–H groups in total. The molecule has 0 radical (unpaired) electrons. The van der Waals surface area contributed by atoms with E-state index in [0.717, 1.165) is 0 Å². The van der Waals surface area contributed by atoms with Crippen LogP contribution in [0.3, 0.4) is 0 Å². The first kappa shape index (κ1) is 13.9. The van der Waals surface area contributed by atoms with E-state index in [9.17, 15) is 9.59 Å². The Bertz CT molecular complexity index is 211. The van der Waals surface area contributed by atoms with Crippen molar-refractivity contribution >= 4 is 11.9 Å². The average molecular weight is 216 g/mol. The van der Waals surface area contributed by atoms with E-state index < -0.39 is 5.92 Å². The van der Waals surface area contributed by atoms with Gasteiger partial charge in [-0.25, -0.2) is 0 Å². The molecule has 0 saturated carbocycles. The van der Waals surface area contributed by atoms with E-state index in [1.165, 1.54) is 0 Å². The van der Waals surface area contributed by atoms with Crippen LogP contribution in [-0.4, -0.2) is 25.2 Å². The van der Waals surface area contributed by atoms with E-state index in [2.05, 4.69) is 0 Å². The number of esters is 2. The van der Waals surface area contributed by atoms with Crippen LogP contribution in [0.2, 0.25) is 0 Å². The van der Waals surface area contributed by atoms with Gasteiger partial charge >= 0.3 is 11.9 Å². The molecule has 0 aliphatic rings. The van der Waals surface area contributed by atoms with Crippen LogP contribution >= 0.6 is 0 Å².